The van der Waals surface area contributed by atoms with E-state index in [0.717, 1.165) is 18.4 Å². The molecule has 0 aliphatic heterocycles. The van der Waals surface area contributed by atoms with E-state index in [1.54, 1.807) is 18.2 Å². The van der Waals surface area contributed by atoms with Crippen LogP contribution >= 0.6 is 0 Å². The number of hydrogen-bond donors (Lipinski definition) is 1. The van der Waals surface area contributed by atoms with Gasteiger partial charge >= 0.3 is 0 Å². The van der Waals surface area contributed by atoms with Gasteiger partial charge in [-0.15, -0.1) is 0 Å². The normalized spacial score (nSPS) is 14.9. The smallest absolute Gasteiger partial charge is 0.258 e. The largest absolute Gasteiger partial charge is 0.484 e. The Morgan fingerprint density at radius 1 is 1.47 bits per heavy atom. The van der Waals surface area contributed by atoms with Crippen LogP contribution in [-0.2, 0) is 4.79 Å². The second-order valence-corrected chi connectivity index (χ2v) is 4.93. The van der Waals surface area contributed by atoms with Gasteiger partial charge in [0.25, 0.3) is 5.91 Å². The van der Waals surface area contributed by atoms with Crippen molar-refractivity contribution in [3.05, 3.63) is 29.3 Å². The summed E-state index contributed by atoms with van der Waals surface area (Å²) in [5, 5.41) is 11.8. The molecule has 1 N–H and O–H groups in total. The number of carbonyl (C=O) groups excluding carboxylic acids is 1. The molecule has 1 aromatic carbocycles. The highest BCUT2D eigenvalue weighted by atomic mass is 16.5. The Labute approximate surface area is 113 Å². The number of nitrogens with one attached hydrogen (secondary N) is 1. The minimum atomic E-state index is -0.0735. The fraction of sp³-hybridized carbons (Fsp3) is 0.467. The van der Waals surface area contributed by atoms with Gasteiger partial charge in [0.05, 0.1) is 11.6 Å². The summed E-state index contributed by atoms with van der Waals surface area (Å²) in [4.78, 5) is 11.7. The Bertz CT molecular complexity index is 499. The fourth-order valence-corrected chi connectivity index (χ4v) is 2.36. The number of aryl methyl sites for hydroxylation is 1. The number of nitriles is 1. The number of nitrogens with zero attached hydrogens (tertiary/aromatic N) is 1. The van der Waals surface area contributed by atoms with Crippen molar-refractivity contribution in [2.24, 2.45) is 0 Å². The predicted molar refractivity (Wildman–Crippen MR) is 71.8 cm³/mol. The van der Waals surface area contributed by atoms with Gasteiger partial charge in [-0.3, -0.25) is 4.79 Å². The average Bonchev–Trinajstić information content (AvgIpc) is 2.90. The van der Waals surface area contributed by atoms with Crippen molar-refractivity contribution in [1.29, 1.82) is 5.26 Å². The molecule has 1 aliphatic carbocycles. The Morgan fingerprint density at radius 3 is 2.84 bits per heavy atom. The van der Waals surface area contributed by atoms with E-state index in [9.17, 15) is 4.79 Å². The van der Waals surface area contributed by atoms with Crippen molar-refractivity contribution < 1.29 is 9.53 Å². The maximum Gasteiger partial charge on any atom is 0.258 e. The lowest BCUT2D eigenvalue weighted by Crippen LogP contribution is -2.36. The summed E-state index contributed by atoms with van der Waals surface area (Å²) < 4.78 is 5.49. The van der Waals surface area contributed by atoms with Crippen molar-refractivity contribution in [2.45, 2.75) is 38.6 Å². The third-order valence-corrected chi connectivity index (χ3v) is 3.38. The Balaban J connectivity index is 1.84. The molecule has 4 heteroatoms. The Morgan fingerprint density at radius 2 is 2.21 bits per heavy atom. The molecule has 0 atom stereocenters. The maximum absolute atomic E-state index is 11.7. The Hall–Kier alpha value is -2.02. The molecule has 0 spiro atoms. The molecule has 2 rings (SSSR count). The minimum Gasteiger partial charge on any atom is -0.484 e. The maximum atomic E-state index is 11.7. The molecule has 19 heavy (non-hydrogen) atoms. The lowest BCUT2D eigenvalue weighted by atomic mass is 10.1. The van der Waals surface area contributed by atoms with Crippen molar-refractivity contribution in [2.75, 3.05) is 6.61 Å². The summed E-state index contributed by atoms with van der Waals surface area (Å²) in [6.45, 7) is 1.90. The van der Waals surface area contributed by atoms with Gasteiger partial charge in [0.1, 0.15) is 5.75 Å². The van der Waals surface area contributed by atoms with E-state index in [0.29, 0.717) is 17.4 Å². The molecular formula is C15H18N2O2. The van der Waals surface area contributed by atoms with Crippen LogP contribution in [0.1, 0.15) is 36.8 Å². The molecule has 1 saturated carbocycles. The van der Waals surface area contributed by atoms with Gasteiger partial charge in [-0.25, -0.2) is 0 Å². The van der Waals surface area contributed by atoms with E-state index in [-0.39, 0.29) is 12.5 Å². The topological polar surface area (TPSA) is 62.1 Å². The number of hydrogen-bond acceptors (Lipinski definition) is 3. The first-order valence-electron chi connectivity index (χ1n) is 6.62. The molecule has 1 fully saturated rings. The molecule has 0 saturated heterocycles. The van der Waals surface area contributed by atoms with Crippen LogP contribution in [-0.4, -0.2) is 18.6 Å². The lowest BCUT2D eigenvalue weighted by Gasteiger charge is -2.13. The van der Waals surface area contributed by atoms with Crippen LogP contribution in [0.5, 0.6) is 5.75 Å². The van der Waals surface area contributed by atoms with Crippen molar-refractivity contribution in [3.63, 3.8) is 0 Å². The van der Waals surface area contributed by atoms with Gasteiger partial charge in [-0.05, 0) is 43.5 Å². The molecule has 100 valence electrons. The summed E-state index contributed by atoms with van der Waals surface area (Å²) in [5.74, 6) is 0.580. The standard InChI is InChI=1S/C15H18N2O2/c1-11-8-12(9-16)6-7-14(11)19-10-15(18)17-13-4-2-3-5-13/h6-8,13H,2-5,10H2,1H3,(H,17,18). The highest BCUT2D eigenvalue weighted by Gasteiger charge is 2.17. The highest BCUT2D eigenvalue weighted by molar-refractivity contribution is 5.77. The van der Waals surface area contributed by atoms with E-state index in [1.165, 1.54) is 12.8 Å². The zero-order valence-corrected chi connectivity index (χ0v) is 11.1. The van der Waals surface area contributed by atoms with Crippen LogP contribution in [0.2, 0.25) is 0 Å². The average molecular weight is 258 g/mol. The van der Waals surface area contributed by atoms with Gasteiger partial charge in [0, 0.05) is 6.04 Å². The van der Waals surface area contributed by atoms with Crippen molar-refractivity contribution >= 4 is 5.91 Å². The summed E-state index contributed by atoms with van der Waals surface area (Å²) in [5.41, 5.74) is 1.47. The number of ether oxygens (including phenoxy) is 1. The van der Waals surface area contributed by atoms with Gasteiger partial charge in [-0.2, -0.15) is 5.26 Å². The minimum absolute atomic E-state index is 0.0310. The summed E-state index contributed by atoms with van der Waals surface area (Å²) in [6.07, 6.45) is 4.53. The van der Waals surface area contributed by atoms with Crippen LogP contribution in [0.25, 0.3) is 0 Å². The quantitative estimate of drug-likeness (QED) is 0.901. The van der Waals surface area contributed by atoms with E-state index in [4.69, 9.17) is 10.00 Å². The zero-order chi connectivity index (χ0) is 13.7. The van der Waals surface area contributed by atoms with E-state index >= 15 is 0 Å². The number of benzene rings is 1. The van der Waals surface area contributed by atoms with Crippen LogP contribution < -0.4 is 10.1 Å². The third-order valence-electron chi connectivity index (χ3n) is 3.38. The Kier molecular flexibility index (Phi) is 4.40. The number of rotatable bonds is 4. The molecule has 1 aliphatic rings. The van der Waals surface area contributed by atoms with Crippen LogP contribution in [0.15, 0.2) is 18.2 Å². The summed E-state index contributed by atoms with van der Waals surface area (Å²) in [7, 11) is 0. The highest BCUT2D eigenvalue weighted by Crippen LogP contribution is 2.19. The van der Waals surface area contributed by atoms with E-state index in [2.05, 4.69) is 11.4 Å². The van der Waals surface area contributed by atoms with Gasteiger partial charge < -0.3 is 10.1 Å². The van der Waals surface area contributed by atoms with Gasteiger partial charge in [0.2, 0.25) is 0 Å². The number of amides is 1. The number of carbonyl (C=O) groups is 1. The predicted octanol–water partition coefficient (Wildman–Crippen LogP) is 2.30. The molecule has 4 nitrogen and oxygen atoms in total. The SMILES string of the molecule is Cc1cc(C#N)ccc1OCC(=O)NC1CCCC1. The summed E-state index contributed by atoms with van der Waals surface area (Å²) in [6, 6.07) is 7.57. The second-order valence-electron chi connectivity index (χ2n) is 4.93. The molecule has 0 aromatic heterocycles. The van der Waals surface area contributed by atoms with E-state index < -0.39 is 0 Å². The van der Waals surface area contributed by atoms with Crippen molar-refractivity contribution in [1.82, 2.24) is 5.32 Å². The first-order chi connectivity index (χ1) is 9.19. The molecule has 0 heterocycles. The van der Waals surface area contributed by atoms with Crippen LogP contribution in [0, 0.1) is 18.3 Å². The second kappa shape index (κ2) is 6.24. The molecule has 0 unspecified atom stereocenters. The first kappa shape index (κ1) is 13.4. The lowest BCUT2D eigenvalue weighted by molar-refractivity contribution is -0.123. The van der Waals surface area contributed by atoms with Crippen LogP contribution in [0.3, 0.4) is 0 Å². The third kappa shape index (κ3) is 3.72. The fourth-order valence-electron chi connectivity index (χ4n) is 2.36. The monoisotopic (exact) mass is 258 g/mol. The van der Waals surface area contributed by atoms with Gasteiger partial charge in [-0.1, -0.05) is 12.8 Å². The first-order valence-corrected chi connectivity index (χ1v) is 6.62. The molecule has 0 radical (unpaired) electrons. The molecular weight excluding hydrogens is 240 g/mol. The van der Waals surface area contributed by atoms with Gasteiger partial charge in [0.15, 0.2) is 6.61 Å². The van der Waals surface area contributed by atoms with Crippen LogP contribution in [0.4, 0.5) is 0 Å². The summed E-state index contributed by atoms with van der Waals surface area (Å²) >= 11 is 0. The molecule has 1 amide bonds. The van der Waals surface area contributed by atoms with Crippen molar-refractivity contribution in [3.8, 4) is 11.8 Å². The molecule has 1 aromatic rings. The van der Waals surface area contributed by atoms with E-state index in [1.807, 2.05) is 6.92 Å². The zero-order valence-electron chi connectivity index (χ0n) is 11.1. The molecule has 0 bridgehead atoms.